The molecule has 0 aliphatic rings. The van der Waals surface area contributed by atoms with Gasteiger partial charge in [0.1, 0.15) is 0 Å². The van der Waals surface area contributed by atoms with E-state index in [1.807, 2.05) is 13.8 Å². The van der Waals surface area contributed by atoms with Crippen molar-refractivity contribution in [2.24, 2.45) is 0 Å². The van der Waals surface area contributed by atoms with Crippen LogP contribution in [0.4, 0.5) is 0 Å². The summed E-state index contributed by atoms with van der Waals surface area (Å²) in [6.45, 7) is 14.6. The van der Waals surface area contributed by atoms with Crippen LogP contribution in [0.2, 0.25) is 0 Å². The molecule has 0 heterocycles. The Labute approximate surface area is 87.0 Å². The van der Waals surface area contributed by atoms with Crippen molar-refractivity contribution >= 4 is 5.97 Å². The van der Waals surface area contributed by atoms with Crippen molar-refractivity contribution in [2.45, 2.75) is 33.8 Å². The summed E-state index contributed by atoms with van der Waals surface area (Å²) in [5.41, 5.74) is 0.429. The number of esters is 1. The van der Waals surface area contributed by atoms with E-state index in [4.69, 9.17) is 4.74 Å². The number of carbonyl (C=O) groups excluding carboxylic acids is 1. The Morgan fingerprint density at radius 2 is 1.79 bits per heavy atom. The summed E-state index contributed by atoms with van der Waals surface area (Å²) in [6, 6.07) is 0. The van der Waals surface area contributed by atoms with Crippen LogP contribution in [0.3, 0.4) is 0 Å². The second-order valence-corrected chi connectivity index (χ2v) is 2.52. The average molecular weight is 196 g/mol. The lowest BCUT2D eigenvalue weighted by Gasteiger charge is -2.07. The minimum atomic E-state index is -0.361. The monoisotopic (exact) mass is 196 g/mol. The number of carbonyl (C=O) groups is 1. The highest BCUT2D eigenvalue weighted by Crippen LogP contribution is 2.02. The lowest BCUT2D eigenvalue weighted by Crippen LogP contribution is -2.12. The van der Waals surface area contributed by atoms with Gasteiger partial charge in [0, 0.05) is 0 Å². The molecule has 0 aromatic carbocycles. The van der Waals surface area contributed by atoms with E-state index in [1.54, 1.807) is 19.9 Å². The summed E-state index contributed by atoms with van der Waals surface area (Å²) < 4.78 is 4.93. The van der Waals surface area contributed by atoms with E-state index in [2.05, 4.69) is 13.2 Å². The van der Waals surface area contributed by atoms with Gasteiger partial charge in [-0.1, -0.05) is 39.2 Å². The van der Waals surface area contributed by atoms with Crippen LogP contribution in [0.25, 0.3) is 0 Å². The molecule has 0 radical (unpaired) electrons. The van der Waals surface area contributed by atoms with Crippen LogP contribution in [-0.4, -0.2) is 12.1 Å². The molecule has 0 saturated carbocycles. The Bertz CT molecular complexity index is 212. The molecule has 0 aliphatic carbocycles. The van der Waals surface area contributed by atoms with Crippen molar-refractivity contribution < 1.29 is 9.53 Å². The lowest BCUT2D eigenvalue weighted by molar-refractivity contribution is -0.142. The van der Waals surface area contributed by atoms with Gasteiger partial charge in [0.2, 0.25) is 0 Å². The highest BCUT2D eigenvalue weighted by Gasteiger charge is 2.07. The van der Waals surface area contributed by atoms with Crippen molar-refractivity contribution in [3.63, 3.8) is 0 Å². The van der Waals surface area contributed by atoms with Gasteiger partial charge in [-0.15, -0.1) is 0 Å². The Balaban J connectivity index is 0. The van der Waals surface area contributed by atoms with Gasteiger partial charge in [-0.25, -0.2) is 4.79 Å². The van der Waals surface area contributed by atoms with E-state index < -0.39 is 0 Å². The molecule has 0 amide bonds. The number of hydrogen-bond acceptors (Lipinski definition) is 2. The van der Waals surface area contributed by atoms with Crippen LogP contribution < -0.4 is 0 Å². The van der Waals surface area contributed by atoms with Gasteiger partial charge in [0.05, 0.1) is 11.7 Å². The summed E-state index contributed by atoms with van der Waals surface area (Å²) in [7, 11) is 0. The third-order valence-electron chi connectivity index (χ3n) is 1.10. The molecular formula is C12H20O2. The minimum absolute atomic E-state index is 0.106. The molecule has 0 unspecified atom stereocenters. The van der Waals surface area contributed by atoms with E-state index in [0.29, 0.717) is 5.57 Å². The summed E-state index contributed by atoms with van der Waals surface area (Å²) in [4.78, 5) is 11.2. The molecule has 2 heteroatoms. The van der Waals surface area contributed by atoms with E-state index in [1.165, 1.54) is 12.2 Å². The van der Waals surface area contributed by atoms with Crippen molar-refractivity contribution in [1.82, 2.24) is 0 Å². The molecule has 0 N–H and O–H groups in total. The molecule has 80 valence electrons. The largest absolute Gasteiger partial charge is 0.459 e. The van der Waals surface area contributed by atoms with Crippen LogP contribution in [-0.2, 0) is 9.53 Å². The molecule has 0 fully saturated rings. The Kier molecular flexibility index (Phi) is 10.6. The molecule has 0 saturated heterocycles. The smallest absolute Gasteiger partial charge is 0.338 e. The van der Waals surface area contributed by atoms with Crippen LogP contribution in [0.15, 0.2) is 37.0 Å². The van der Waals surface area contributed by atoms with Crippen LogP contribution in [0.5, 0.6) is 0 Å². The first-order chi connectivity index (χ1) is 6.61. The van der Waals surface area contributed by atoms with Gasteiger partial charge in [0.15, 0.2) is 0 Å². The molecule has 0 aromatic rings. The van der Waals surface area contributed by atoms with Gasteiger partial charge in [-0.2, -0.15) is 0 Å². The first-order valence-electron chi connectivity index (χ1n) is 4.78. The minimum Gasteiger partial charge on any atom is -0.459 e. The summed E-state index contributed by atoms with van der Waals surface area (Å²) in [6.07, 6.45) is 4.44. The van der Waals surface area contributed by atoms with Crippen LogP contribution in [0.1, 0.15) is 27.7 Å². The molecule has 0 bridgehead atoms. The van der Waals surface area contributed by atoms with E-state index in [9.17, 15) is 4.79 Å². The Morgan fingerprint density at radius 3 is 2.07 bits per heavy atom. The lowest BCUT2D eigenvalue weighted by atomic mass is 10.2. The number of allylic oxidation sites excluding steroid dienone is 2. The van der Waals surface area contributed by atoms with Crippen LogP contribution >= 0.6 is 0 Å². The fourth-order valence-electron chi connectivity index (χ4n) is 0.629. The van der Waals surface area contributed by atoms with Crippen molar-refractivity contribution in [3.8, 4) is 0 Å². The molecule has 2 nitrogen and oxygen atoms in total. The van der Waals surface area contributed by atoms with Crippen LogP contribution in [0, 0.1) is 0 Å². The maximum absolute atomic E-state index is 11.2. The zero-order valence-corrected chi connectivity index (χ0v) is 9.54. The van der Waals surface area contributed by atoms with E-state index in [0.717, 1.165) is 0 Å². The SMILES string of the molecule is C=C/C=C(\C=C)C(=O)OC(C)C.CC. The Morgan fingerprint density at radius 1 is 1.29 bits per heavy atom. The van der Waals surface area contributed by atoms with Gasteiger partial charge in [0.25, 0.3) is 0 Å². The fraction of sp³-hybridized carbons (Fsp3) is 0.417. The highest BCUT2D eigenvalue weighted by molar-refractivity contribution is 5.91. The standard InChI is InChI=1S/C10H14O2.C2H6/c1-5-7-9(6-2)10(11)12-8(3)4;1-2/h5-8H,1-2H2,3-4H3;1-2H3/b9-7+;. The molecule has 0 spiro atoms. The molecule has 0 atom stereocenters. The zero-order chi connectivity index (χ0) is 11.6. The van der Waals surface area contributed by atoms with Gasteiger partial charge < -0.3 is 4.74 Å². The molecule has 14 heavy (non-hydrogen) atoms. The summed E-state index contributed by atoms with van der Waals surface area (Å²) in [5, 5.41) is 0. The summed E-state index contributed by atoms with van der Waals surface area (Å²) in [5.74, 6) is -0.361. The third-order valence-corrected chi connectivity index (χ3v) is 1.10. The number of ether oxygens (including phenoxy) is 1. The molecule has 0 aromatic heterocycles. The first kappa shape index (κ1) is 15.2. The number of rotatable bonds is 4. The van der Waals surface area contributed by atoms with E-state index >= 15 is 0 Å². The van der Waals surface area contributed by atoms with Crippen molar-refractivity contribution in [1.29, 1.82) is 0 Å². The normalized spacial score (nSPS) is 9.93. The van der Waals surface area contributed by atoms with Crippen molar-refractivity contribution in [3.05, 3.63) is 37.0 Å². The first-order valence-corrected chi connectivity index (χ1v) is 4.78. The van der Waals surface area contributed by atoms with Gasteiger partial charge in [-0.3, -0.25) is 0 Å². The average Bonchev–Trinajstić information content (AvgIpc) is 2.16. The molecule has 0 aliphatic heterocycles. The van der Waals surface area contributed by atoms with E-state index in [-0.39, 0.29) is 12.1 Å². The molecular weight excluding hydrogens is 176 g/mol. The zero-order valence-electron chi connectivity index (χ0n) is 9.54. The second kappa shape index (κ2) is 9.78. The number of hydrogen-bond donors (Lipinski definition) is 0. The van der Waals surface area contributed by atoms with Gasteiger partial charge >= 0.3 is 5.97 Å². The highest BCUT2D eigenvalue weighted by atomic mass is 16.5. The topological polar surface area (TPSA) is 26.3 Å². The maximum Gasteiger partial charge on any atom is 0.338 e. The molecule has 0 rings (SSSR count). The predicted molar refractivity (Wildman–Crippen MR) is 61.1 cm³/mol. The third kappa shape index (κ3) is 7.35. The summed E-state index contributed by atoms with van der Waals surface area (Å²) >= 11 is 0. The fourth-order valence-corrected chi connectivity index (χ4v) is 0.629. The van der Waals surface area contributed by atoms with Gasteiger partial charge in [-0.05, 0) is 19.9 Å². The maximum atomic E-state index is 11.2. The predicted octanol–water partition coefficient (Wildman–Crippen LogP) is 3.26. The Hall–Kier alpha value is -1.31. The van der Waals surface area contributed by atoms with Crippen molar-refractivity contribution in [2.75, 3.05) is 0 Å². The second-order valence-electron chi connectivity index (χ2n) is 2.52. The quantitative estimate of drug-likeness (QED) is 0.392.